The van der Waals surface area contributed by atoms with Crippen LogP contribution in [0, 0.1) is 0 Å². The van der Waals surface area contributed by atoms with Crippen LogP contribution >= 0.6 is 11.6 Å². The Morgan fingerprint density at radius 3 is 2.67 bits per heavy atom. The average molecular weight is 356 g/mol. The zero-order valence-electron chi connectivity index (χ0n) is 13.9. The summed E-state index contributed by atoms with van der Waals surface area (Å²) in [5.41, 5.74) is 7.65. The second kappa shape index (κ2) is 6.58. The summed E-state index contributed by atoms with van der Waals surface area (Å²) in [7, 11) is 0. The van der Waals surface area contributed by atoms with Crippen LogP contribution in [0.25, 0.3) is 0 Å². The highest BCUT2D eigenvalue weighted by molar-refractivity contribution is 6.30. The number of carbonyl (C=O) groups is 2. The van der Waals surface area contributed by atoms with Crippen LogP contribution < -0.4 is 11.2 Å². The molecule has 2 atom stereocenters. The molecule has 1 aliphatic heterocycles. The van der Waals surface area contributed by atoms with Gasteiger partial charge in [0.25, 0.3) is 0 Å². The zero-order chi connectivity index (χ0) is 18.1. The standard InChI is InChI=1S/C16H22ClN3O4/c1-15(2,3)24-14(23)19-20-8-7-16(18,12(20)13(21)22)10-5-4-6-11(17)9-10/h4-6,9,12H,7-8,18H2,1-3H3,(H,19,23)(H,21,22)/t12-,16?/m1/s1. The van der Waals surface area contributed by atoms with E-state index in [1.807, 2.05) is 0 Å². The molecule has 1 amide bonds. The van der Waals surface area contributed by atoms with Gasteiger partial charge in [0.2, 0.25) is 0 Å². The fourth-order valence-corrected chi connectivity index (χ4v) is 3.01. The number of ether oxygens (including phenoxy) is 1. The van der Waals surface area contributed by atoms with Crippen LogP contribution in [0.5, 0.6) is 0 Å². The van der Waals surface area contributed by atoms with Crippen LogP contribution in [0.3, 0.4) is 0 Å². The van der Waals surface area contributed by atoms with Gasteiger partial charge in [-0.05, 0) is 44.9 Å². The Morgan fingerprint density at radius 1 is 1.46 bits per heavy atom. The largest absolute Gasteiger partial charge is 0.480 e. The molecule has 1 aromatic rings. The number of hydrazine groups is 1. The van der Waals surface area contributed by atoms with Gasteiger partial charge in [-0.1, -0.05) is 23.7 Å². The number of nitrogens with one attached hydrogen (secondary N) is 1. The van der Waals surface area contributed by atoms with Crippen molar-refractivity contribution in [3.05, 3.63) is 34.9 Å². The Hall–Kier alpha value is -1.83. The van der Waals surface area contributed by atoms with Crippen molar-refractivity contribution in [3.8, 4) is 0 Å². The maximum absolute atomic E-state index is 12.0. The van der Waals surface area contributed by atoms with E-state index in [2.05, 4.69) is 5.43 Å². The monoisotopic (exact) mass is 355 g/mol. The molecule has 1 unspecified atom stereocenters. The number of carboxylic acid groups (broad SMARTS) is 1. The quantitative estimate of drug-likeness (QED) is 0.766. The van der Waals surface area contributed by atoms with Gasteiger partial charge in [0, 0.05) is 11.6 Å². The van der Waals surface area contributed by atoms with Crippen molar-refractivity contribution in [2.75, 3.05) is 6.54 Å². The number of nitrogens with two attached hydrogens (primary N) is 1. The average Bonchev–Trinajstić information content (AvgIpc) is 2.75. The van der Waals surface area contributed by atoms with Crippen LogP contribution in [0.2, 0.25) is 5.02 Å². The number of halogens is 1. The summed E-state index contributed by atoms with van der Waals surface area (Å²) in [5.74, 6) is -1.13. The fraction of sp³-hybridized carbons (Fsp3) is 0.500. The van der Waals surface area contributed by atoms with Crippen LogP contribution in [0.4, 0.5) is 4.79 Å². The Balaban J connectivity index is 2.24. The third-order valence-corrected chi connectivity index (χ3v) is 4.03. The van der Waals surface area contributed by atoms with Crippen LogP contribution in [-0.4, -0.2) is 40.4 Å². The lowest BCUT2D eigenvalue weighted by Gasteiger charge is -2.33. The van der Waals surface area contributed by atoms with Crippen LogP contribution in [0.1, 0.15) is 32.8 Å². The summed E-state index contributed by atoms with van der Waals surface area (Å²) in [6.07, 6.45) is -0.371. The molecule has 1 aliphatic rings. The Morgan fingerprint density at radius 2 is 2.12 bits per heavy atom. The van der Waals surface area contributed by atoms with E-state index in [4.69, 9.17) is 22.1 Å². The highest BCUT2D eigenvalue weighted by Crippen LogP contribution is 2.36. The first-order valence-electron chi connectivity index (χ1n) is 7.57. The second-order valence-corrected chi connectivity index (χ2v) is 7.29. The van der Waals surface area contributed by atoms with E-state index in [9.17, 15) is 14.7 Å². The summed E-state index contributed by atoms with van der Waals surface area (Å²) in [5, 5.41) is 11.4. The highest BCUT2D eigenvalue weighted by atomic mass is 35.5. The molecule has 0 saturated carbocycles. The molecule has 1 aromatic carbocycles. The minimum absolute atomic E-state index is 0.277. The minimum atomic E-state index is -1.17. The van der Waals surface area contributed by atoms with E-state index in [1.54, 1.807) is 45.0 Å². The summed E-state index contributed by atoms with van der Waals surface area (Å²) in [6.45, 7) is 5.46. The molecule has 1 fully saturated rings. The van der Waals surface area contributed by atoms with Gasteiger partial charge in [-0.25, -0.2) is 9.80 Å². The maximum atomic E-state index is 12.0. The molecule has 0 radical (unpaired) electrons. The molecule has 0 bridgehead atoms. The summed E-state index contributed by atoms with van der Waals surface area (Å²) in [4.78, 5) is 23.8. The second-order valence-electron chi connectivity index (χ2n) is 6.85. The third kappa shape index (κ3) is 3.98. The molecule has 0 spiro atoms. The molecule has 132 valence electrons. The molecule has 1 saturated heterocycles. The Bertz CT molecular complexity index is 646. The number of carboxylic acids is 1. The van der Waals surface area contributed by atoms with E-state index in [-0.39, 0.29) is 6.54 Å². The number of carbonyl (C=O) groups excluding carboxylic acids is 1. The van der Waals surface area contributed by atoms with Crippen molar-refractivity contribution in [1.82, 2.24) is 10.4 Å². The van der Waals surface area contributed by atoms with E-state index < -0.39 is 29.2 Å². The number of aliphatic carboxylic acids is 1. The smallest absolute Gasteiger partial charge is 0.422 e. The Kier molecular flexibility index (Phi) is 5.08. The van der Waals surface area contributed by atoms with Crippen molar-refractivity contribution in [2.45, 2.75) is 44.4 Å². The molecule has 8 heteroatoms. The van der Waals surface area contributed by atoms with E-state index in [0.29, 0.717) is 17.0 Å². The molecular weight excluding hydrogens is 334 g/mol. The van der Waals surface area contributed by atoms with Crippen molar-refractivity contribution in [2.24, 2.45) is 5.73 Å². The van der Waals surface area contributed by atoms with Gasteiger partial charge >= 0.3 is 12.1 Å². The number of hydrogen-bond donors (Lipinski definition) is 3. The van der Waals surface area contributed by atoms with Gasteiger partial charge in [0.1, 0.15) is 11.6 Å². The van der Waals surface area contributed by atoms with Gasteiger partial charge in [0.15, 0.2) is 0 Å². The molecule has 0 aromatic heterocycles. The van der Waals surface area contributed by atoms with E-state index >= 15 is 0 Å². The number of benzene rings is 1. The molecule has 24 heavy (non-hydrogen) atoms. The first kappa shape index (κ1) is 18.5. The van der Waals surface area contributed by atoms with Gasteiger partial charge < -0.3 is 15.6 Å². The van der Waals surface area contributed by atoms with Crippen molar-refractivity contribution in [3.63, 3.8) is 0 Å². The summed E-state index contributed by atoms with van der Waals surface area (Å²) < 4.78 is 5.17. The number of hydrogen-bond acceptors (Lipinski definition) is 5. The maximum Gasteiger partial charge on any atom is 0.422 e. The van der Waals surface area contributed by atoms with Crippen LogP contribution in [0.15, 0.2) is 24.3 Å². The lowest BCUT2D eigenvalue weighted by Crippen LogP contribution is -2.58. The van der Waals surface area contributed by atoms with Crippen molar-refractivity contribution in [1.29, 1.82) is 0 Å². The molecular formula is C16H22ClN3O4. The zero-order valence-corrected chi connectivity index (χ0v) is 14.6. The topological polar surface area (TPSA) is 105 Å². The minimum Gasteiger partial charge on any atom is -0.480 e. The SMILES string of the molecule is CC(C)(C)OC(=O)NN1CCC(N)(c2cccc(Cl)c2)[C@H]1C(=O)O. The highest BCUT2D eigenvalue weighted by Gasteiger charge is 2.51. The van der Waals surface area contributed by atoms with Crippen molar-refractivity contribution < 1.29 is 19.4 Å². The normalized spacial score (nSPS) is 24.6. The number of nitrogens with zero attached hydrogens (tertiary/aromatic N) is 1. The predicted molar refractivity (Wildman–Crippen MR) is 89.4 cm³/mol. The first-order valence-corrected chi connectivity index (χ1v) is 7.95. The summed E-state index contributed by atoms with van der Waals surface area (Å²) >= 11 is 6.00. The predicted octanol–water partition coefficient (Wildman–Crippen LogP) is 2.09. The van der Waals surface area contributed by atoms with Gasteiger partial charge in [-0.15, -0.1) is 0 Å². The molecule has 4 N–H and O–H groups in total. The number of amides is 1. The van der Waals surface area contributed by atoms with E-state index in [0.717, 1.165) is 0 Å². The lowest BCUT2D eigenvalue weighted by atomic mass is 9.84. The lowest BCUT2D eigenvalue weighted by molar-refractivity contribution is -0.145. The molecule has 1 heterocycles. The van der Waals surface area contributed by atoms with Gasteiger partial charge in [0.05, 0.1) is 5.54 Å². The van der Waals surface area contributed by atoms with Crippen LogP contribution in [-0.2, 0) is 15.1 Å². The van der Waals surface area contributed by atoms with E-state index in [1.165, 1.54) is 5.01 Å². The van der Waals surface area contributed by atoms with Gasteiger partial charge in [-0.3, -0.25) is 10.2 Å². The number of rotatable bonds is 3. The first-order chi connectivity index (χ1) is 11.0. The molecule has 2 rings (SSSR count). The summed E-state index contributed by atoms with van der Waals surface area (Å²) in [6, 6.07) is 5.65. The van der Waals surface area contributed by atoms with Crippen molar-refractivity contribution >= 4 is 23.7 Å². The Labute approximate surface area is 145 Å². The third-order valence-electron chi connectivity index (χ3n) is 3.80. The van der Waals surface area contributed by atoms with Gasteiger partial charge in [-0.2, -0.15) is 0 Å². The molecule has 0 aliphatic carbocycles. The fourth-order valence-electron chi connectivity index (χ4n) is 2.82. The molecule has 7 nitrogen and oxygen atoms in total.